The molecule has 7 nitrogen and oxygen atoms in total. The summed E-state index contributed by atoms with van der Waals surface area (Å²) in [6, 6.07) is 5.22. The molecule has 3 rings (SSSR count). The summed E-state index contributed by atoms with van der Waals surface area (Å²) in [5.74, 6) is 0.152. The van der Waals surface area contributed by atoms with Crippen molar-refractivity contribution in [1.82, 2.24) is 9.80 Å². The molecule has 0 saturated carbocycles. The third-order valence-electron chi connectivity index (χ3n) is 4.77. The van der Waals surface area contributed by atoms with Gasteiger partial charge in [-0.3, -0.25) is 14.5 Å². The molecule has 1 saturated heterocycles. The van der Waals surface area contributed by atoms with Crippen molar-refractivity contribution in [3.05, 3.63) is 23.8 Å². The average molecular weight is 347 g/mol. The second kappa shape index (κ2) is 7.41. The number of ether oxygens (including phenoxy) is 1. The van der Waals surface area contributed by atoms with Crippen molar-refractivity contribution in [2.75, 3.05) is 38.0 Å². The molecule has 1 aromatic carbocycles. The summed E-state index contributed by atoms with van der Waals surface area (Å²) in [6.45, 7) is 6.98. The summed E-state index contributed by atoms with van der Waals surface area (Å²) in [6.07, 6.45) is -0.202. The fourth-order valence-electron chi connectivity index (χ4n) is 3.13. The van der Waals surface area contributed by atoms with Crippen LogP contribution in [0.25, 0.3) is 0 Å². The molecule has 0 unspecified atom stereocenters. The first-order valence-electron chi connectivity index (χ1n) is 8.79. The Balaban J connectivity index is 1.69. The molecule has 0 spiro atoms. The van der Waals surface area contributed by atoms with E-state index in [1.54, 1.807) is 30.0 Å². The number of carbonyl (C=O) groups excluding carboxylic acids is 2. The van der Waals surface area contributed by atoms with Crippen LogP contribution >= 0.6 is 0 Å². The number of nitrogens with zero attached hydrogens (tertiary/aromatic N) is 2. The molecule has 0 radical (unpaired) electrons. The highest BCUT2D eigenvalue weighted by Gasteiger charge is 2.30. The smallest absolute Gasteiger partial charge is 0.265 e. The van der Waals surface area contributed by atoms with E-state index in [9.17, 15) is 14.7 Å². The van der Waals surface area contributed by atoms with Gasteiger partial charge in [0, 0.05) is 32.7 Å². The van der Waals surface area contributed by atoms with Crippen LogP contribution in [0.15, 0.2) is 18.2 Å². The van der Waals surface area contributed by atoms with Crippen molar-refractivity contribution in [2.24, 2.45) is 0 Å². The van der Waals surface area contributed by atoms with E-state index >= 15 is 0 Å². The highest BCUT2D eigenvalue weighted by molar-refractivity contribution is 6.04. The first-order chi connectivity index (χ1) is 12.0. The van der Waals surface area contributed by atoms with Crippen LogP contribution in [-0.2, 0) is 4.79 Å². The van der Waals surface area contributed by atoms with Crippen molar-refractivity contribution in [3.8, 4) is 5.75 Å². The lowest BCUT2D eigenvalue weighted by atomic mass is 10.1. The molecule has 0 aliphatic carbocycles. The molecule has 1 aromatic rings. The fraction of sp³-hybridized carbons (Fsp3) is 0.556. The molecule has 25 heavy (non-hydrogen) atoms. The van der Waals surface area contributed by atoms with Gasteiger partial charge >= 0.3 is 0 Å². The number of nitrogens with one attached hydrogen (secondary N) is 1. The highest BCUT2D eigenvalue weighted by atomic mass is 16.5. The summed E-state index contributed by atoms with van der Waals surface area (Å²) in [5.41, 5.74) is 1.02. The average Bonchev–Trinajstić information content (AvgIpc) is 2.62. The van der Waals surface area contributed by atoms with E-state index in [2.05, 4.69) is 10.2 Å². The predicted molar refractivity (Wildman–Crippen MR) is 93.8 cm³/mol. The number of amides is 2. The Morgan fingerprint density at radius 3 is 2.76 bits per heavy atom. The maximum absolute atomic E-state index is 12.9. The van der Waals surface area contributed by atoms with Crippen LogP contribution in [0, 0.1) is 0 Å². The number of carbonyl (C=O) groups is 2. The molecule has 1 fully saturated rings. The number of piperazine rings is 1. The molecule has 2 atom stereocenters. The van der Waals surface area contributed by atoms with Crippen LogP contribution in [0.5, 0.6) is 5.75 Å². The van der Waals surface area contributed by atoms with Gasteiger partial charge in [-0.05, 0) is 25.5 Å². The number of hydrogen-bond acceptors (Lipinski definition) is 5. The predicted octanol–water partition coefficient (Wildman–Crippen LogP) is 0.935. The third-order valence-corrected chi connectivity index (χ3v) is 4.77. The Kier molecular flexibility index (Phi) is 5.24. The highest BCUT2D eigenvalue weighted by Crippen LogP contribution is 2.34. The minimum Gasteiger partial charge on any atom is -0.478 e. The van der Waals surface area contributed by atoms with E-state index in [-0.39, 0.29) is 17.9 Å². The van der Waals surface area contributed by atoms with Gasteiger partial charge in [0.25, 0.3) is 11.8 Å². The summed E-state index contributed by atoms with van der Waals surface area (Å²) in [7, 11) is 0. The van der Waals surface area contributed by atoms with Gasteiger partial charge in [-0.15, -0.1) is 0 Å². The molecule has 2 aliphatic heterocycles. The Bertz CT molecular complexity index is 656. The minimum absolute atomic E-state index is 0.0871. The molecule has 2 N–H and O–H groups in total. The fourth-order valence-corrected chi connectivity index (χ4v) is 3.13. The number of para-hydroxylation sites is 1. The van der Waals surface area contributed by atoms with Crippen molar-refractivity contribution in [1.29, 1.82) is 0 Å². The molecule has 7 heteroatoms. The van der Waals surface area contributed by atoms with Gasteiger partial charge < -0.3 is 20.1 Å². The molecule has 136 valence electrons. The number of rotatable bonds is 4. The normalized spacial score (nSPS) is 22.0. The van der Waals surface area contributed by atoms with Gasteiger partial charge in [0.2, 0.25) is 0 Å². The van der Waals surface area contributed by atoms with E-state index in [1.807, 2.05) is 6.92 Å². The summed E-state index contributed by atoms with van der Waals surface area (Å²) >= 11 is 0. The Morgan fingerprint density at radius 2 is 2.08 bits per heavy atom. The van der Waals surface area contributed by atoms with Crippen LogP contribution in [0.2, 0.25) is 0 Å². The number of anilines is 1. The van der Waals surface area contributed by atoms with E-state index < -0.39 is 6.10 Å². The van der Waals surface area contributed by atoms with Gasteiger partial charge in [0.15, 0.2) is 11.9 Å². The minimum atomic E-state index is -0.617. The second-order valence-electron chi connectivity index (χ2n) is 6.59. The first-order valence-corrected chi connectivity index (χ1v) is 8.79. The van der Waals surface area contributed by atoms with Crippen LogP contribution < -0.4 is 10.1 Å². The SMILES string of the molecule is CC[C@@H](O)CN1CCN(C(=O)c2cccc3c2O[C@H](C)C(=O)N3)CC1. The number of fused-ring (bicyclic) bond motifs is 1. The van der Waals surface area contributed by atoms with E-state index in [0.717, 1.165) is 19.5 Å². The van der Waals surface area contributed by atoms with Crippen molar-refractivity contribution in [2.45, 2.75) is 32.5 Å². The van der Waals surface area contributed by atoms with Crippen LogP contribution in [0.4, 0.5) is 5.69 Å². The molecule has 0 aromatic heterocycles. The van der Waals surface area contributed by atoms with E-state index in [4.69, 9.17) is 4.74 Å². The summed E-state index contributed by atoms with van der Waals surface area (Å²) in [5, 5.41) is 12.5. The maximum Gasteiger partial charge on any atom is 0.265 e. The second-order valence-corrected chi connectivity index (χ2v) is 6.59. The zero-order valence-corrected chi connectivity index (χ0v) is 14.7. The molecule has 2 aliphatic rings. The molecular weight excluding hydrogens is 322 g/mol. The number of β-amino-alcohol motifs (C(OH)–C–C–N with tert-alkyl or cyclic N) is 1. The number of benzene rings is 1. The van der Waals surface area contributed by atoms with Crippen LogP contribution in [0.1, 0.15) is 30.6 Å². The molecule has 0 bridgehead atoms. The van der Waals surface area contributed by atoms with Gasteiger partial charge in [-0.2, -0.15) is 0 Å². The van der Waals surface area contributed by atoms with Crippen LogP contribution in [-0.4, -0.2) is 71.7 Å². The lowest BCUT2D eigenvalue weighted by Crippen LogP contribution is -2.50. The number of aliphatic hydroxyl groups excluding tert-OH is 1. The first kappa shape index (κ1) is 17.7. The van der Waals surface area contributed by atoms with E-state index in [1.165, 1.54) is 0 Å². The molecular formula is C18H25N3O4. The molecule has 2 amide bonds. The van der Waals surface area contributed by atoms with Crippen LogP contribution in [0.3, 0.4) is 0 Å². The van der Waals surface area contributed by atoms with Gasteiger partial charge in [0.1, 0.15) is 0 Å². The Hall–Kier alpha value is -2.12. The third kappa shape index (κ3) is 3.77. The zero-order chi connectivity index (χ0) is 18.0. The van der Waals surface area contributed by atoms with Crippen molar-refractivity contribution < 1.29 is 19.4 Å². The topological polar surface area (TPSA) is 82.1 Å². The monoisotopic (exact) mass is 347 g/mol. The zero-order valence-electron chi connectivity index (χ0n) is 14.7. The van der Waals surface area contributed by atoms with Crippen molar-refractivity contribution in [3.63, 3.8) is 0 Å². The lowest BCUT2D eigenvalue weighted by molar-refractivity contribution is -0.122. The number of aliphatic hydroxyl groups is 1. The van der Waals surface area contributed by atoms with Crippen molar-refractivity contribution >= 4 is 17.5 Å². The van der Waals surface area contributed by atoms with Gasteiger partial charge in [0.05, 0.1) is 17.4 Å². The van der Waals surface area contributed by atoms with Gasteiger partial charge in [-0.1, -0.05) is 13.0 Å². The largest absolute Gasteiger partial charge is 0.478 e. The summed E-state index contributed by atoms with van der Waals surface area (Å²) in [4.78, 5) is 28.6. The maximum atomic E-state index is 12.9. The van der Waals surface area contributed by atoms with Gasteiger partial charge in [-0.25, -0.2) is 0 Å². The van der Waals surface area contributed by atoms with E-state index in [0.29, 0.717) is 36.6 Å². The Labute approximate surface area is 147 Å². The molecule has 2 heterocycles. The Morgan fingerprint density at radius 1 is 1.36 bits per heavy atom. The lowest BCUT2D eigenvalue weighted by Gasteiger charge is -2.36. The quantitative estimate of drug-likeness (QED) is 0.847. The standard InChI is InChI=1S/C18H25N3O4/c1-3-13(22)11-20-7-9-21(10-8-20)18(24)14-5-4-6-15-16(14)25-12(2)17(23)19-15/h4-6,12-13,22H,3,7-11H2,1-2H3,(H,19,23)/t12-,13-/m1/s1. The summed E-state index contributed by atoms with van der Waals surface area (Å²) < 4.78 is 5.67. The number of hydrogen-bond donors (Lipinski definition) is 2.